The molecule has 22 heavy (non-hydrogen) atoms. The Morgan fingerprint density at radius 3 is 1.27 bits per heavy atom. The van der Waals surface area contributed by atoms with E-state index in [2.05, 4.69) is 0 Å². The average Bonchev–Trinajstić information content (AvgIpc) is 2.46. The first-order valence-electron chi connectivity index (χ1n) is 7.52. The highest BCUT2D eigenvalue weighted by Crippen LogP contribution is 2.03. The standard InChI is InChI=1S/C14H26N2O6/c1-11(13(17)18)15-3-7-21-9-5-16(12(2)14(19)20)6-10-22-8-4-15/h11-12H,3-10H2,1-2H3,(H,17,18)(H,19,20)/t11-,12-/m1/s1. The van der Waals surface area contributed by atoms with Crippen molar-refractivity contribution >= 4 is 11.9 Å². The van der Waals surface area contributed by atoms with Crippen LogP contribution >= 0.6 is 0 Å². The minimum atomic E-state index is -0.867. The fraction of sp³-hybridized carbons (Fsp3) is 0.857. The van der Waals surface area contributed by atoms with Crippen LogP contribution in [0.1, 0.15) is 13.8 Å². The van der Waals surface area contributed by atoms with Gasteiger partial charge in [-0.25, -0.2) is 0 Å². The number of hydrogen-bond donors (Lipinski definition) is 2. The minimum Gasteiger partial charge on any atom is -0.480 e. The van der Waals surface area contributed by atoms with Crippen LogP contribution in [0, 0.1) is 0 Å². The largest absolute Gasteiger partial charge is 0.480 e. The van der Waals surface area contributed by atoms with Crippen molar-refractivity contribution in [3.63, 3.8) is 0 Å². The summed E-state index contributed by atoms with van der Waals surface area (Å²) >= 11 is 0. The lowest BCUT2D eigenvalue weighted by Crippen LogP contribution is -2.45. The third-order valence-corrected chi connectivity index (χ3v) is 3.90. The normalized spacial score (nSPS) is 23.0. The van der Waals surface area contributed by atoms with E-state index in [0.717, 1.165) is 0 Å². The maximum Gasteiger partial charge on any atom is 0.320 e. The van der Waals surface area contributed by atoms with Crippen LogP contribution in [0.15, 0.2) is 0 Å². The van der Waals surface area contributed by atoms with Gasteiger partial charge in [0, 0.05) is 26.2 Å². The van der Waals surface area contributed by atoms with E-state index < -0.39 is 24.0 Å². The molecule has 1 aliphatic rings. The highest BCUT2D eigenvalue weighted by atomic mass is 16.5. The molecule has 0 saturated carbocycles. The molecule has 8 heteroatoms. The summed E-state index contributed by atoms with van der Waals surface area (Å²) in [6.45, 7) is 6.95. The Labute approximate surface area is 130 Å². The predicted molar refractivity (Wildman–Crippen MR) is 79.0 cm³/mol. The molecule has 1 saturated heterocycles. The van der Waals surface area contributed by atoms with E-state index in [1.807, 2.05) is 9.80 Å². The van der Waals surface area contributed by atoms with Crippen molar-refractivity contribution in [1.29, 1.82) is 0 Å². The van der Waals surface area contributed by atoms with Crippen molar-refractivity contribution in [2.75, 3.05) is 52.6 Å². The third kappa shape index (κ3) is 6.27. The number of hydrogen-bond acceptors (Lipinski definition) is 6. The molecule has 8 nitrogen and oxygen atoms in total. The Kier molecular flexibility index (Phi) is 8.32. The lowest BCUT2D eigenvalue weighted by Gasteiger charge is -2.29. The molecule has 1 aliphatic heterocycles. The number of ether oxygens (including phenoxy) is 2. The van der Waals surface area contributed by atoms with Crippen LogP contribution in [0.25, 0.3) is 0 Å². The topological polar surface area (TPSA) is 99.5 Å². The molecule has 1 heterocycles. The molecule has 0 radical (unpaired) electrons. The Bertz CT molecular complexity index is 319. The Morgan fingerprint density at radius 2 is 1.05 bits per heavy atom. The summed E-state index contributed by atoms with van der Waals surface area (Å²) in [6.07, 6.45) is 0. The molecule has 0 aromatic rings. The quantitative estimate of drug-likeness (QED) is 0.721. The summed E-state index contributed by atoms with van der Waals surface area (Å²) in [4.78, 5) is 25.8. The zero-order valence-corrected chi connectivity index (χ0v) is 13.2. The zero-order chi connectivity index (χ0) is 16.5. The van der Waals surface area contributed by atoms with Crippen molar-refractivity contribution in [2.45, 2.75) is 25.9 Å². The van der Waals surface area contributed by atoms with Crippen molar-refractivity contribution in [3.05, 3.63) is 0 Å². The lowest BCUT2D eigenvalue weighted by atomic mass is 10.2. The monoisotopic (exact) mass is 318 g/mol. The molecule has 0 aromatic heterocycles. The fourth-order valence-electron chi connectivity index (χ4n) is 2.24. The van der Waals surface area contributed by atoms with Gasteiger partial charge in [-0.3, -0.25) is 19.4 Å². The Balaban J connectivity index is 2.52. The molecule has 128 valence electrons. The first-order valence-corrected chi connectivity index (χ1v) is 7.52. The third-order valence-electron chi connectivity index (χ3n) is 3.90. The van der Waals surface area contributed by atoms with Crippen LogP contribution in [0.3, 0.4) is 0 Å². The second-order valence-electron chi connectivity index (χ2n) is 5.33. The summed E-state index contributed by atoms with van der Waals surface area (Å²) in [5.41, 5.74) is 0. The molecule has 0 spiro atoms. The van der Waals surface area contributed by atoms with Crippen molar-refractivity contribution in [3.8, 4) is 0 Å². The number of aliphatic carboxylic acids is 2. The highest BCUT2D eigenvalue weighted by Gasteiger charge is 2.22. The van der Waals surface area contributed by atoms with Gasteiger partial charge in [0.15, 0.2) is 0 Å². The number of rotatable bonds is 4. The molecular weight excluding hydrogens is 292 g/mol. The molecule has 0 unspecified atom stereocenters. The molecule has 0 aliphatic carbocycles. The molecule has 0 amide bonds. The smallest absolute Gasteiger partial charge is 0.320 e. The van der Waals surface area contributed by atoms with Gasteiger partial charge in [0.1, 0.15) is 12.1 Å². The number of carboxylic acid groups (broad SMARTS) is 2. The van der Waals surface area contributed by atoms with Crippen LogP contribution in [0.4, 0.5) is 0 Å². The maximum atomic E-state index is 11.1. The SMILES string of the molecule is C[C@H](C(=O)O)N1CCOCCN([C@H](C)C(=O)O)CCOCC1. The highest BCUT2D eigenvalue weighted by molar-refractivity contribution is 5.73. The van der Waals surface area contributed by atoms with Crippen molar-refractivity contribution in [1.82, 2.24) is 9.80 Å². The lowest BCUT2D eigenvalue weighted by molar-refractivity contribution is -0.143. The van der Waals surface area contributed by atoms with Crippen molar-refractivity contribution < 1.29 is 29.3 Å². The van der Waals surface area contributed by atoms with Crippen molar-refractivity contribution in [2.24, 2.45) is 0 Å². The van der Waals surface area contributed by atoms with Gasteiger partial charge < -0.3 is 19.7 Å². The summed E-state index contributed by atoms with van der Waals surface area (Å²) in [5.74, 6) is -1.73. The van der Waals surface area contributed by atoms with Gasteiger partial charge in [-0.05, 0) is 13.8 Å². The second kappa shape index (κ2) is 9.73. The van der Waals surface area contributed by atoms with E-state index in [1.54, 1.807) is 13.8 Å². The van der Waals surface area contributed by atoms with Gasteiger partial charge in [0.2, 0.25) is 0 Å². The van der Waals surface area contributed by atoms with E-state index in [1.165, 1.54) is 0 Å². The molecule has 2 N–H and O–H groups in total. The van der Waals surface area contributed by atoms with Gasteiger partial charge in [-0.15, -0.1) is 0 Å². The predicted octanol–water partition coefficient (Wildman–Crippen LogP) is -0.417. The average molecular weight is 318 g/mol. The number of carboxylic acids is 2. The van der Waals surface area contributed by atoms with Crippen LogP contribution in [-0.4, -0.2) is 96.6 Å². The second-order valence-corrected chi connectivity index (χ2v) is 5.33. The number of carbonyl (C=O) groups is 2. The maximum absolute atomic E-state index is 11.1. The Hall–Kier alpha value is -1.22. The Morgan fingerprint density at radius 1 is 0.773 bits per heavy atom. The molecule has 2 atom stereocenters. The summed E-state index contributed by atoms with van der Waals surface area (Å²) in [6, 6.07) is -1.17. The van der Waals surface area contributed by atoms with Gasteiger partial charge in [-0.1, -0.05) is 0 Å². The van der Waals surface area contributed by atoms with Gasteiger partial charge in [0.05, 0.1) is 26.4 Å². The molecule has 1 fully saturated rings. The summed E-state index contributed by atoms with van der Waals surface area (Å²) < 4.78 is 11.0. The van der Waals surface area contributed by atoms with Crippen LogP contribution in [0.5, 0.6) is 0 Å². The minimum absolute atomic E-state index is 0.410. The first kappa shape index (κ1) is 18.8. The molecule has 0 bridgehead atoms. The van der Waals surface area contributed by atoms with E-state index in [4.69, 9.17) is 19.7 Å². The fourth-order valence-corrected chi connectivity index (χ4v) is 2.24. The van der Waals surface area contributed by atoms with Crippen LogP contribution < -0.4 is 0 Å². The van der Waals surface area contributed by atoms with Crippen LogP contribution in [-0.2, 0) is 19.1 Å². The van der Waals surface area contributed by atoms with Gasteiger partial charge >= 0.3 is 11.9 Å². The van der Waals surface area contributed by atoms with Gasteiger partial charge in [-0.2, -0.15) is 0 Å². The van der Waals surface area contributed by atoms with Gasteiger partial charge in [0.25, 0.3) is 0 Å². The molecule has 0 aromatic carbocycles. The summed E-state index contributed by atoms with van der Waals surface area (Å²) in [7, 11) is 0. The van der Waals surface area contributed by atoms with E-state index in [9.17, 15) is 9.59 Å². The first-order chi connectivity index (χ1) is 10.4. The van der Waals surface area contributed by atoms with E-state index >= 15 is 0 Å². The van der Waals surface area contributed by atoms with E-state index in [-0.39, 0.29) is 0 Å². The zero-order valence-electron chi connectivity index (χ0n) is 13.2. The summed E-state index contributed by atoms with van der Waals surface area (Å²) in [5, 5.41) is 18.2. The molecule has 1 rings (SSSR count). The molecular formula is C14H26N2O6. The van der Waals surface area contributed by atoms with Crippen LogP contribution in [0.2, 0.25) is 0 Å². The number of nitrogens with zero attached hydrogens (tertiary/aromatic N) is 2. The van der Waals surface area contributed by atoms with E-state index in [0.29, 0.717) is 52.6 Å².